The van der Waals surface area contributed by atoms with Crippen LogP contribution in [0.2, 0.25) is 0 Å². The molecule has 0 aliphatic heterocycles. The summed E-state index contributed by atoms with van der Waals surface area (Å²) in [5.74, 6) is -0.627. The predicted molar refractivity (Wildman–Crippen MR) is 79.5 cm³/mol. The summed E-state index contributed by atoms with van der Waals surface area (Å²) in [6, 6.07) is 10.8. The molecule has 0 aliphatic carbocycles. The smallest absolute Gasteiger partial charge is 0.289 e. The number of amides is 1. The Bertz CT molecular complexity index is 872. The molecule has 8 nitrogen and oxygen atoms in total. The maximum Gasteiger partial charge on any atom is 0.289 e. The summed E-state index contributed by atoms with van der Waals surface area (Å²) in [6.45, 7) is 1.60. The Morgan fingerprint density at radius 2 is 2.22 bits per heavy atom. The van der Waals surface area contributed by atoms with E-state index in [1.165, 1.54) is 27.8 Å². The molecule has 8 heteroatoms. The molecule has 1 amide bonds. The van der Waals surface area contributed by atoms with Crippen molar-refractivity contribution in [1.29, 1.82) is 0 Å². The lowest BCUT2D eigenvalue weighted by molar-refractivity contribution is -0.584. The zero-order chi connectivity index (χ0) is 16.2. The second-order valence-corrected chi connectivity index (χ2v) is 4.91. The minimum absolute atomic E-state index is 0.122. The van der Waals surface area contributed by atoms with Crippen LogP contribution in [-0.4, -0.2) is 27.0 Å². The molecule has 0 fully saturated rings. The molecular weight excluding hydrogens is 296 g/mol. The number of hydrogen-bond donors (Lipinski definition) is 1. The Kier molecular flexibility index (Phi) is 3.96. The van der Waals surface area contributed by atoms with E-state index in [1.807, 2.05) is 30.3 Å². The quantitative estimate of drug-likeness (QED) is 0.401. The number of carbonyl (C=O) groups excluding carboxylic acids is 1. The molecule has 0 atom stereocenters. The van der Waals surface area contributed by atoms with Crippen molar-refractivity contribution in [2.75, 3.05) is 0 Å². The van der Waals surface area contributed by atoms with Gasteiger partial charge in [0, 0.05) is 5.10 Å². The monoisotopic (exact) mass is 310 g/mol. The van der Waals surface area contributed by atoms with Crippen LogP contribution in [0.5, 0.6) is 5.75 Å². The van der Waals surface area contributed by atoms with Gasteiger partial charge in [0.25, 0.3) is 17.9 Å². The van der Waals surface area contributed by atoms with Gasteiger partial charge in [-0.25, -0.2) is 5.43 Å². The van der Waals surface area contributed by atoms with Crippen LogP contribution in [0.3, 0.4) is 0 Å². The van der Waals surface area contributed by atoms with Gasteiger partial charge >= 0.3 is 0 Å². The van der Waals surface area contributed by atoms with Crippen LogP contribution in [0.1, 0.15) is 11.3 Å². The number of aryl methyl sites for hydroxylation is 1. The van der Waals surface area contributed by atoms with E-state index < -0.39 is 0 Å². The summed E-state index contributed by atoms with van der Waals surface area (Å²) in [5, 5.41) is 24.0. The first-order valence-electron chi connectivity index (χ1n) is 6.92. The van der Waals surface area contributed by atoms with E-state index in [0.717, 1.165) is 5.56 Å². The van der Waals surface area contributed by atoms with E-state index in [9.17, 15) is 9.90 Å². The number of rotatable bonds is 4. The zero-order valence-corrected chi connectivity index (χ0v) is 12.4. The summed E-state index contributed by atoms with van der Waals surface area (Å²) in [6.07, 6.45) is 2.93. The van der Waals surface area contributed by atoms with Crippen LogP contribution in [0.4, 0.5) is 0 Å². The number of hydrogen-bond acceptors (Lipinski definition) is 5. The normalized spacial score (nSPS) is 11.2. The van der Waals surface area contributed by atoms with Crippen LogP contribution in [0.15, 0.2) is 47.8 Å². The van der Waals surface area contributed by atoms with Gasteiger partial charge in [-0.2, -0.15) is 5.10 Å². The van der Waals surface area contributed by atoms with Crippen LogP contribution in [0, 0.1) is 6.92 Å². The highest BCUT2D eigenvalue weighted by atomic mass is 16.3. The Morgan fingerprint density at radius 3 is 3.00 bits per heavy atom. The number of nitrogens with one attached hydrogen (secondary N) is 1. The number of hydrazone groups is 1. The highest BCUT2D eigenvalue weighted by Crippen LogP contribution is 2.09. The zero-order valence-electron chi connectivity index (χ0n) is 12.4. The number of fused-ring (bicyclic) bond motifs is 1. The van der Waals surface area contributed by atoms with Crippen molar-refractivity contribution < 1.29 is 14.4 Å². The van der Waals surface area contributed by atoms with Crippen molar-refractivity contribution in [3.05, 3.63) is 54.0 Å². The maximum atomic E-state index is 12.0. The molecule has 0 spiro atoms. The predicted octanol–water partition coefficient (Wildman–Crippen LogP) is -0.451. The number of benzene rings is 1. The topological polar surface area (TPSA) is 99.3 Å². The maximum absolute atomic E-state index is 12.0. The van der Waals surface area contributed by atoms with E-state index in [4.69, 9.17) is 0 Å². The van der Waals surface area contributed by atoms with E-state index in [0.29, 0.717) is 5.69 Å². The van der Waals surface area contributed by atoms with Gasteiger partial charge in [0.05, 0.1) is 11.9 Å². The van der Waals surface area contributed by atoms with Crippen molar-refractivity contribution >= 4 is 17.8 Å². The third-order valence-corrected chi connectivity index (χ3v) is 3.08. The molecule has 0 radical (unpaired) electrons. The van der Waals surface area contributed by atoms with E-state index in [2.05, 4.69) is 20.7 Å². The highest BCUT2D eigenvalue weighted by Gasteiger charge is 2.16. The molecule has 2 aromatic heterocycles. The molecule has 3 rings (SSSR count). The fraction of sp³-hybridized carbons (Fsp3) is 0.133. The minimum Gasteiger partial charge on any atom is -0.868 e. The minimum atomic E-state index is -0.386. The summed E-state index contributed by atoms with van der Waals surface area (Å²) >= 11 is 0. The first kappa shape index (κ1) is 14.6. The number of aromatic nitrogens is 4. The summed E-state index contributed by atoms with van der Waals surface area (Å²) in [7, 11) is 0. The standard InChI is InChI=1S/C15H14N6O2/c1-11-7-13(22)15-20(17-10-21(15)19-11)9-14(23)18-16-8-12-5-3-2-4-6-12/h2-8,10H,9H2,1H3,(H-,18,19,22,23)/b16-8+. The largest absolute Gasteiger partial charge is 0.868 e. The van der Waals surface area contributed by atoms with Crippen molar-refractivity contribution in [3.63, 3.8) is 0 Å². The molecular formula is C15H14N6O2. The fourth-order valence-electron chi connectivity index (χ4n) is 2.11. The fourth-order valence-corrected chi connectivity index (χ4v) is 2.11. The van der Waals surface area contributed by atoms with Crippen LogP contribution in [-0.2, 0) is 11.3 Å². The molecule has 0 saturated carbocycles. The SMILES string of the molecule is Cc1cc([O-])c2n(CC(=O)N/N=C/c3ccccc3)nc[n+]2n1. The number of carbonyl (C=O) groups is 1. The van der Waals surface area contributed by atoms with Crippen LogP contribution < -0.4 is 15.0 Å². The van der Waals surface area contributed by atoms with Gasteiger partial charge in [-0.05, 0) is 24.3 Å². The second kappa shape index (κ2) is 6.22. The lowest BCUT2D eigenvalue weighted by Gasteiger charge is -2.05. The molecule has 116 valence electrons. The highest BCUT2D eigenvalue weighted by molar-refractivity contribution is 5.82. The Labute approximate surface area is 131 Å². The van der Waals surface area contributed by atoms with Crippen LogP contribution >= 0.6 is 0 Å². The second-order valence-electron chi connectivity index (χ2n) is 4.91. The van der Waals surface area contributed by atoms with Gasteiger partial charge in [-0.1, -0.05) is 35.0 Å². The Hall–Kier alpha value is -3.29. The van der Waals surface area contributed by atoms with Crippen molar-refractivity contribution in [2.24, 2.45) is 5.10 Å². The van der Waals surface area contributed by atoms with Gasteiger partial charge in [0.2, 0.25) is 0 Å². The molecule has 0 saturated heterocycles. The Morgan fingerprint density at radius 1 is 1.43 bits per heavy atom. The third kappa shape index (κ3) is 3.31. The van der Waals surface area contributed by atoms with Gasteiger partial charge in [-0.15, -0.1) is 9.61 Å². The third-order valence-electron chi connectivity index (χ3n) is 3.08. The molecule has 3 aromatic rings. The molecule has 1 aromatic carbocycles. The Balaban J connectivity index is 1.70. The van der Waals surface area contributed by atoms with Gasteiger partial charge < -0.3 is 5.11 Å². The lowest BCUT2D eigenvalue weighted by Crippen LogP contribution is -2.29. The summed E-state index contributed by atoms with van der Waals surface area (Å²) in [4.78, 5) is 11.9. The number of nitrogens with zero attached hydrogens (tertiary/aromatic N) is 5. The summed E-state index contributed by atoms with van der Waals surface area (Å²) < 4.78 is 2.65. The van der Waals surface area contributed by atoms with Gasteiger partial charge in [0.15, 0.2) is 6.54 Å². The van der Waals surface area contributed by atoms with Gasteiger partial charge in [0.1, 0.15) is 0 Å². The van der Waals surface area contributed by atoms with E-state index >= 15 is 0 Å². The van der Waals surface area contributed by atoms with Gasteiger partial charge in [-0.3, -0.25) is 4.79 Å². The molecule has 2 heterocycles. The average molecular weight is 310 g/mol. The van der Waals surface area contributed by atoms with Crippen molar-refractivity contribution in [3.8, 4) is 5.75 Å². The van der Waals surface area contributed by atoms with E-state index in [-0.39, 0.29) is 23.8 Å². The molecule has 0 bridgehead atoms. The first-order chi connectivity index (χ1) is 11.1. The average Bonchev–Trinajstić information content (AvgIpc) is 2.91. The molecule has 0 unspecified atom stereocenters. The van der Waals surface area contributed by atoms with Crippen molar-refractivity contribution in [2.45, 2.75) is 13.5 Å². The summed E-state index contributed by atoms with van der Waals surface area (Å²) in [5.41, 5.74) is 4.09. The molecule has 0 aliphatic rings. The first-order valence-corrected chi connectivity index (χ1v) is 6.92. The van der Waals surface area contributed by atoms with Crippen LogP contribution in [0.25, 0.3) is 5.65 Å². The van der Waals surface area contributed by atoms with Crippen molar-refractivity contribution in [1.82, 2.24) is 20.3 Å². The van der Waals surface area contributed by atoms with E-state index in [1.54, 1.807) is 6.92 Å². The molecule has 23 heavy (non-hydrogen) atoms. The lowest BCUT2D eigenvalue weighted by atomic mass is 10.2. The molecule has 1 N–H and O–H groups in total.